The number of ether oxygens (including phenoxy) is 2. The Hall–Kier alpha value is -2.01. The highest BCUT2D eigenvalue weighted by Crippen LogP contribution is 2.38. The molecule has 2 fully saturated rings. The first kappa shape index (κ1) is 19.3. The van der Waals surface area contributed by atoms with Crippen LogP contribution in [0.4, 0.5) is 0 Å². The number of amides is 1. The Morgan fingerprint density at radius 2 is 2.07 bits per heavy atom. The minimum atomic E-state index is 0.131. The van der Waals surface area contributed by atoms with Crippen LogP contribution in [0.15, 0.2) is 18.2 Å². The summed E-state index contributed by atoms with van der Waals surface area (Å²) in [4.78, 5) is 15.7. The molecule has 1 saturated carbocycles. The SMILES string of the molecule is CCCC[C@@H]1CN(C(=O)c2c(C)n(C)c3ccc(OC)cc23)C[C@H](C2CC2)O1. The molecule has 1 saturated heterocycles. The highest BCUT2D eigenvalue weighted by atomic mass is 16.5. The van der Waals surface area contributed by atoms with E-state index >= 15 is 0 Å². The molecule has 152 valence electrons. The van der Waals surface area contributed by atoms with Crippen molar-refractivity contribution in [2.24, 2.45) is 13.0 Å². The number of hydrogen-bond donors (Lipinski definition) is 0. The van der Waals surface area contributed by atoms with Gasteiger partial charge in [0.15, 0.2) is 0 Å². The third-order valence-corrected chi connectivity index (χ3v) is 6.42. The molecule has 1 aliphatic carbocycles. The number of unbranched alkanes of at least 4 members (excludes halogenated alkanes) is 1. The van der Waals surface area contributed by atoms with E-state index in [9.17, 15) is 4.79 Å². The van der Waals surface area contributed by atoms with Gasteiger partial charge in [0.25, 0.3) is 5.91 Å². The molecule has 0 unspecified atom stereocenters. The number of methoxy groups -OCH3 is 1. The van der Waals surface area contributed by atoms with Gasteiger partial charge in [0.05, 0.1) is 24.9 Å². The Labute approximate surface area is 167 Å². The second kappa shape index (κ2) is 7.78. The van der Waals surface area contributed by atoms with Gasteiger partial charge in [-0.1, -0.05) is 19.8 Å². The number of aryl methyl sites for hydroxylation is 1. The van der Waals surface area contributed by atoms with Crippen molar-refractivity contribution in [3.8, 4) is 5.75 Å². The fourth-order valence-electron chi connectivity index (χ4n) is 4.46. The molecule has 5 nitrogen and oxygen atoms in total. The smallest absolute Gasteiger partial charge is 0.256 e. The molecule has 0 spiro atoms. The van der Waals surface area contributed by atoms with Gasteiger partial charge in [0, 0.05) is 36.7 Å². The van der Waals surface area contributed by atoms with Crippen LogP contribution in [0.3, 0.4) is 0 Å². The van der Waals surface area contributed by atoms with Crippen LogP contribution in [0, 0.1) is 12.8 Å². The number of carbonyl (C=O) groups is 1. The van der Waals surface area contributed by atoms with Crippen molar-refractivity contribution in [2.45, 2.75) is 58.2 Å². The van der Waals surface area contributed by atoms with Crippen LogP contribution in [-0.2, 0) is 11.8 Å². The van der Waals surface area contributed by atoms with E-state index in [0.29, 0.717) is 19.0 Å². The molecule has 5 heteroatoms. The van der Waals surface area contributed by atoms with Crippen molar-refractivity contribution in [1.82, 2.24) is 9.47 Å². The predicted octanol–water partition coefficient (Wildman–Crippen LogP) is 4.31. The Morgan fingerprint density at radius 1 is 1.29 bits per heavy atom. The molecule has 0 N–H and O–H groups in total. The first-order valence-corrected chi connectivity index (χ1v) is 10.6. The zero-order valence-corrected chi connectivity index (χ0v) is 17.5. The van der Waals surface area contributed by atoms with Gasteiger partial charge < -0.3 is 18.9 Å². The Balaban J connectivity index is 1.66. The molecule has 2 aromatic rings. The van der Waals surface area contributed by atoms with Crippen molar-refractivity contribution in [1.29, 1.82) is 0 Å². The molecule has 2 heterocycles. The van der Waals surface area contributed by atoms with Crippen molar-refractivity contribution in [3.05, 3.63) is 29.5 Å². The Kier molecular flexibility index (Phi) is 5.37. The van der Waals surface area contributed by atoms with E-state index < -0.39 is 0 Å². The van der Waals surface area contributed by atoms with Gasteiger partial charge in [0.2, 0.25) is 0 Å². The van der Waals surface area contributed by atoms with E-state index in [1.807, 2.05) is 37.1 Å². The number of benzene rings is 1. The molecule has 2 aliphatic rings. The standard InChI is InChI=1S/C23H32N2O3/c1-5-6-7-18-13-25(14-21(28-18)16-8-9-16)23(26)22-15(2)24(3)20-11-10-17(27-4)12-19(20)22/h10-12,16,18,21H,5-9,13-14H2,1-4H3/t18-,21-/m1/s1. The summed E-state index contributed by atoms with van der Waals surface area (Å²) >= 11 is 0. The lowest BCUT2D eigenvalue weighted by molar-refractivity contribution is -0.0874. The summed E-state index contributed by atoms with van der Waals surface area (Å²) in [6.07, 6.45) is 6.16. The summed E-state index contributed by atoms with van der Waals surface area (Å²) in [7, 11) is 3.69. The summed E-state index contributed by atoms with van der Waals surface area (Å²) in [5.41, 5.74) is 2.88. The lowest BCUT2D eigenvalue weighted by Gasteiger charge is -2.38. The number of fused-ring (bicyclic) bond motifs is 1. The van der Waals surface area contributed by atoms with E-state index in [2.05, 4.69) is 11.5 Å². The zero-order valence-electron chi connectivity index (χ0n) is 17.5. The zero-order chi connectivity index (χ0) is 19.8. The normalized spacial score (nSPS) is 22.6. The van der Waals surface area contributed by atoms with Crippen LogP contribution in [0.1, 0.15) is 55.1 Å². The molecule has 0 radical (unpaired) electrons. The number of morpholine rings is 1. The van der Waals surface area contributed by atoms with Gasteiger partial charge in [-0.25, -0.2) is 0 Å². The number of aromatic nitrogens is 1. The molecule has 4 rings (SSSR count). The first-order chi connectivity index (χ1) is 13.5. The minimum Gasteiger partial charge on any atom is -0.497 e. The summed E-state index contributed by atoms with van der Waals surface area (Å²) in [5.74, 6) is 1.55. The van der Waals surface area contributed by atoms with Gasteiger partial charge in [-0.2, -0.15) is 0 Å². The summed E-state index contributed by atoms with van der Waals surface area (Å²) in [5, 5.41) is 0.976. The number of nitrogens with zero attached hydrogens (tertiary/aromatic N) is 2. The van der Waals surface area contributed by atoms with Crippen LogP contribution >= 0.6 is 0 Å². The molecule has 28 heavy (non-hydrogen) atoms. The molecule has 1 amide bonds. The summed E-state index contributed by atoms with van der Waals surface area (Å²) in [6.45, 7) is 5.65. The maximum atomic E-state index is 13.7. The van der Waals surface area contributed by atoms with Crippen LogP contribution in [-0.4, -0.2) is 47.8 Å². The fourth-order valence-corrected chi connectivity index (χ4v) is 4.46. The lowest BCUT2D eigenvalue weighted by atomic mass is 10.0. The van der Waals surface area contributed by atoms with Gasteiger partial charge in [-0.3, -0.25) is 4.79 Å². The van der Waals surface area contributed by atoms with E-state index in [4.69, 9.17) is 9.47 Å². The second-order valence-electron chi connectivity index (χ2n) is 8.39. The maximum absolute atomic E-state index is 13.7. The fraction of sp³-hybridized carbons (Fsp3) is 0.609. The quantitative estimate of drug-likeness (QED) is 0.746. The van der Waals surface area contributed by atoms with Crippen LogP contribution in [0.5, 0.6) is 5.75 Å². The Morgan fingerprint density at radius 3 is 2.75 bits per heavy atom. The average molecular weight is 385 g/mol. The number of rotatable bonds is 6. The molecule has 1 aliphatic heterocycles. The van der Waals surface area contributed by atoms with E-state index in [1.165, 1.54) is 12.8 Å². The highest BCUT2D eigenvalue weighted by Gasteiger charge is 2.40. The van der Waals surface area contributed by atoms with Crippen molar-refractivity contribution in [2.75, 3.05) is 20.2 Å². The second-order valence-corrected chi connectivity index (χ2v) is 8.39. The molecular formula is C23H32N2O3. The largest absolute Gasteiger partial charge is 0.497 e. The minimum absolute atomic E-state index is 0.131. The topological polar surface area (TPSA) is 43.7 Å². The summed E-state index contributed by atoms with van der Waals surface area (Å²) in [6, 6.07) is 5.98. The van der Waals surface area contributed by atoms with Gasteiger partial charge >= 0.3 is 0 Å². The molecule has 2 atom stereocenters. The average Bonchev–Trinajstić information content (AvgIpc) is 3.53. The third-order valence-electron chi connectivity index (χ3n) is 6.42. The molecule has 1 aromatic carbocycles. The number of hydrogen-bond acceptors (Lipinski definition) is 3. The summed E-state index contributed by atoms with van der Waals surface area (Å²) < 4.78 is 13.9. The van der Waals surface area contributed by atoms with Gasteiger partial charge in [0.1, 0.15) is 5.75 Å². The van der Waals surface area contributed by atoms with E-state index in [-0.39, 0.29) is 18.1 Å². The number of carbonyl (C=O) groups excluding carboxylic acids is 1. The van der Waals surface area contributed by atoms with Crippen molar-refractivity contribution >= 4 is 16.8 Å². The van der Waals surface area contributed by atoms with Crippen LogP contribution < -0.4 is 4.74 Å². The highest BCUT2D eigenvalue weighted by molar-refractivity contribution is 6.08. The lowest BCUT2D eigenvalue weighted by Crippen LogP contribution is -2.50. The van der Waals surface area contributed by atoms with Gasteiger partial charge in [-0.15, -0.1) is 0 Å². The van der Waals surface area contributed by atoms with Gasteiger partial charge in [-0.05, 0) is 50.3 Å². The molecule has 1 aromatic heterocycles. The van der Waals surface area contributed by atoms with Crippen molar-refractivity contribution in [3.63, 3.8) is 0 Å². The van der Waals surface area contributed by atoms with E-state index in [1.54, 1.807) is 7.11 Å². The Bertz CT molecular complexity index is 868. The van der Waals surface area contributed by atoms with E-state index in [0.717, 1.165) is 47.2 Å². The van der Waals surface area contributed by atoms with Crippen molar-refractivity contribution < 1.29 is 14.3 Å². The van der Waals surface area contributed by atoms with Crippen LogP contribution in [0.25, 0.3) is 10.9 Å². The third kappa shape index (κ3) is 3.52. The maximum Gasteiger partial charge on any atom is 0.256 e. The molecular weight excluding hydrogens is 352 g/mol. The molecule has 0 bridgehead atoms. The first-order valence-electron chi connectivity index (χ1n) is 10.6. The monoisotopic (exact) mass is 384 g/mol. The van der Waals surface area contributed by atoms with Crippen LogP contribution in [0.2, 0.25) is 0 Å². The predicted molar refractivity (Wildman–Crippen MR) is 111 cm³/mol.